The first kappa shape index (κ1) is 20.2. The van der Waals surface area contributed by atoms with Crippen LogP contribution < -0.4 is 0 Å². The molecule has 0 fully saturated rings. The summed E-state index contributed by atoms with van der Waals surface area (Å²) < 4.78 is 0. The van der Waals surface area contributed by atoms with E-state index < -0.39 is 0 Å². The third-order valence-electron chi connectivity index (χ3n) is 4.43. The maximum atomic E-state index is 12.6. The van der Waals surface area contributed by atoms with E-state index >= 15 is 0 Å². The molecule has 0 aliphatic rings. The number of carbonyl (C=O) groups is 1. The van der Waals surface area contributed by atoms with Gasteiger partial charge >= 0.3 is 0 Å². The molecule has 1 amide bonds. The van der Waals surface area contributed by atoms with Crippen molar-refractivity contribution in [2.24, 2.45) is 4.99 Å². The normalized spacial score (nSPS) is 11.5. The average Bonchev–Trinajstić information content (AvgIpc) is 2.52. The maximum Gasteiger partial charge on any atom is 0.230 e. The van der Waals surface area contributed by atoms with Crippen LogP contribution in [0.4, 0.5) is 5.69 Å². The summed E-state index contributed by atoms with van der Waals surface area (Å²) in [5.74, 6) is 1.01. The number of hydrogen-bond acceptors (Lipinski definition) is 2. The topological polar surface area (TPSA) is 35.9 Å². The lowest BCUT2D eigenvalue weighted by Crippen LogP contribution is -2.38. The Balaban J connectivity index is 3.26. The summed E-state index contributed by atoms with van der Waals surface area (Å²) in [5.41, 5.74) is 4.56. The van der Waals surface area contributed by atoms with E-state index in [9.17, 15) is 4.79 Å². The predicted octanol–water partition coefficient (Wildman–Crippen LogP) is 4.24. The second-order valence-electron chi connectivity index (χ2n) is 6.19. The van der Waals surface area contributed by atoms with Crippen LogP contribution >= 0.6 is 0 Å². The van der Waals surface area contributed by atoms with Gasteiger partial charge in [0.25, 0.3) is 0 Å². The summed E-state index contributed by atoms with van der Waals surface area (Å²) >= 11 is 0. The Labute approximate surface area is 147 Å². The van der Waals surface area contributed by atoms with Crippen LogP contribution in [0.15, 0.2) is 17.1 Å². The Hall–Kier alpha value is -1.84. The number of rotatable bonds is 7. The number of nitrogens with zero attached hydrogens (tertiary/aromatic N) is 3. The number of aryl methyl sites for hydroxylation is 3. The predicted molar refractivity (Wildman–Crippen MR) is 103 cm³/mol. The zero-order valence-electron chi connectivity index (χ0n) is 16.4. The van der Waals surface area contributed by atoms with Crippen LogP contribution in [0.3, 0.4) is 0 Å². The van der Waals surface area contributed by atoms with Gasteiger partial charge in [-0.3, -0.25) is 4.79 Å². The van der Waals surface area contributed by atoms with E-state index in [1.54, 1.807) is 0 Å². The van der Waals surface area contributed by atoms with Crippen LogP contribution in [-0.4, -0.2) is 47.7 Å². The lowest BCUT2D eigenvalue weighted by molar-refractivity contribution is -0.129. The fourth-order valence-corrected chi connectivity index (χ4v) is 3.11. The molecular weight excluding hydrogens is 298 g/mol. The highest BCUT2D eigenvalue weighted by molar-refractivity contribution is 6.01. The zero-order chi connectivity index (χ0) is 18.3. The van der Waals surface area contributed by atoms with Crippen molar-refractivity contribution in [2.45, 2.75) is 54.9 Å². The number of hydrogen-bond donors (Lipinski definition) is 0. The summed E-state index contributed by atoms with van der Waals surface area (Å²) in [6, 6.07) is 4.30. The van der Waals surface area contributed by atoms with Gasteiger partial charge in [0.05, 0.1) is 12.1 Å². The van der Waals surface area contributed by atoms with Crippen molar-refractivity contribution in [2.75, 3.05) is 26.2 Å². The molecule has 4 heteroatoms. The summed E-state index contributed by atoms with van der Waals surface area (Å²) in [6.45, 7) is 17.7. The molecule has 1 aromatic carbocycles. The Morgan fingerprint density at radius 2 is 1.33 bits per heavy atom. The van der Waals surface area contributed by atoms with Crippen LogP contribution in [0, 0.1) is 20.8 Å². The van der Waals surface area contributed by atoms with Gasteiger partial charge in [-0.15, -0.1) is 0 Å². The summed E-state index contributed by atoms with van der Waals surface area (Å²) in [4.78, 5) is 21.6. The second-order valence-corrected chi connectivity index (χ2v) is 6.19. The van der Waals surface area contributed by atoms with E-state index in [4.69, 9.17) is 4.99 Å². The molecule has 1 aromatic rings. The minimum absolute atomic E-state index is 0.146. The molecule has 0 heterocycles. The Morgan fingerprint density at radius 1 is 0.875 bits per heavy atom. The fraction of sp³-hybridized carbons (Fsp3) is 0.600. The van der Waals surface area contributed by atoms with Crippen molar-refractivity contribution in [3.63, 3.8) is 0 Å². The van der Waals surface area contributed by atoms with Gasteiger partial charge < -0.3 is 9.80 Å². The Morgan fingerprint density at radius 3 is 1.75 bits per heavy atom. The Kier molecular flexibility index (Phi) is 7.96. The number of carbonyl (C=O) groups excluding carboxylic acids is 1. The lowest BCUT2D eigenvalue weighted by Gasteiger charge is -2.26. The van der Waals surface area contributed by atoms with Crippen LogP contribution in [0.25, 0.3) is 0 Å². The molecule has 0 N–H and O–H groups in total. The largest absolute Gasteiger partial charge is 0.360 e. The molecule has 134 valence electrons. The fourth-order valence-electron chi connectivity index (χ4n) is 3.11. The van der Waals surface area contributed by atoms with Gasteiger partial charge in [0.2, 0.25) is 5.91 Å². The number of amidine groups is 1. The standard InChI is InChI=1S/C20H33N3O/c1-8-22(9-2)18(14-19(24)23(10-3)11-4)21-20-16(6)12-15(5)13-17(20)7/h12-13H,8-11,14H2,1-7H3. The van der Waals surface area contributed by atoms with Gasteiger partial charge in [-0.05, 0) is 59.6 Å². The highest BCUT2D eigenvalue weighted by atomic mass is 16.2. The van der Waals surface area contributed by atoms with E-state index in [0.717, 1.165) is 48.8 Å². The van der Waals surface area contributed by atoms with Crippen molar-refractivity contribution in [1.82, 2.24) is 9.80 Å². The summed E-state index contributed by atoms with van der Waals surface area (Å²) in [5, 5.41) is 0. The van der Waals surface area contributed by atoms with Gasteiger partial charge in [0, 0.05) is 26.2 Å². The third-order valence-corrected chi connectivity index (χ3v) is 4.43. The molecule has 0 spiro atoms. The summed E-state index contributed by atoms with van der Waals surface area (Å²) in [7, 11) is 0. The van der Waals surface area contributed by atoms with Crippen LogP contribution in [-0.2, 0) is 4.79 Å². The van der Waals surface area contributed by atoms with Crippen molar-refractivity contribution in [3.8, 4) is 0 Å². The molecule has 1 rings (SSSR count). The highest BCUT2D eigenvalue weighted by Gasteiger charge is 2.18. The maximum absolute atomic E-state index is 12.6. The second kappa shape index (κ2) is 9.45. The molecule has 0 saturated heterocycles. The molecular formula is C20H33N3O. The minimum atomic E-state index is 0.146. The monoisotopic (exact) mass is 331 g/mol. The quantitative estimate of drug-likeness (QED) is 0.553. The molecule has 0 atom stereocenters. The lowest BCUT2D eigenvalue weighted by atomic mass is 10.1. The number of amides is 1. The molecule has 0 radical (unpaired) electrons. The molecule has 0 aliphatic carbocycles. The molecule has 0 aromatic heterocycles. The van der Waals surface area contributed by atoms with Crippen molar-refractivity contribution in [3.05, 3.63) is 28.8 Å². The first-order valence-corrected chi connectivity index (χ1v) is 9.05. The van der Waals surface area contributed by atoms with Crippen molar-refractivity contribution in [1.29, 1.82) is 0 Å². The smallest absolute Gasteiger partial charge is 0.230 e. The Bertz CT molecular complexity index is 562. The first-order chi connectivity index (χ1) is 11.4. The van der Waals surface area contributed by atoms with Crippen LogP contribution in [0.1, 0.15) is 50.8 Å². The van der Waals surface area contributed by atoms with E-state index in [1.165, 1.54) is 5.56 Å². The summed E-state index contributed by atoms with van der Waals surface area (Å²) in [6.07, 6.45) is 0.357. The molecule has 24 heavy (non-hydrogen) atoms. The number of benzene rings is 1. The van der Waals surface area contributed by atoms with Gasteiger partial charge in [0.15, 0.2) is 0 Å². The van der Waals surface area contributed by atoms with E-state index in [0.29, 0.717) is 6.42 Å². The van der Waals surface area contributed by atoms with Gasteiger partial charge in [-0.2, -0.15) is 0 Å². The minimum Gasteiger partial charge on any atom is -0.360 e. The molecule has 0 bridgehead atoms. The van der Waals surface area contributed by atoms with E-state index in [2.05, 4.69) is 51.7 Å². The zero-order valence-corrected chi connectivity index (χ0v) is 16.4. The molecule has 0 saturated carbocycles. The first-order valence-electron chi connectivity index (χ1n) is 9.05. The molecule has 0 aliphatic heterocycles. The molecule has 4 nitrogen and oxygen atoms in total. The van der Waals surface area contributed by atoms with Gasteiger partial charge in [0.1, 0.15) is 5.84 Å². The van der Waals surface area contributed by atoms with Crippen molar-refractivity contribution < 1.29 is 4.79 Å². The van der Waals surface area contributed by atoms with Gasteiger partial charge in [-0.1, -0.05) is 17.7 Å². The third kappa shape index (κ3) is 5.08. The SMILES string of the molecule is CCN(CC)C(=O)CC(=Nc1c(C)cc(C)cc1C)N(CC)CC. The van der Waals surface area contributed by atoms with Crippen LogP contribution in [0.2, 0.25) is 0 Å². The van der Waals surface area contributed by atoms with Crippen LogP contribution in [0.5, 0.6) is 0 Å². The van der Waals surface area contributed by atoms with E-state index in [-0.39, 0.29) is 5.91 Å². The number of aliphatic imine (C=N–C) groups is 1. The average molecular weight is 332 g/mol. The van der Waals surface area contributed by atoms with Crippen molar-refractivity contribution >= 4 is 17.4 Å². The van der Waals surface area contributed by atoms with E-state index in [1.807, 2.05) is 18.7 Å². The highest BCUT2D eigenvalue weighted by Crippen LogP contribution is 2.26. The van der Waals surface area contributed by atoms with Gasteiger partial charge in [-0.25, -0.2) is 4.99 Å². The molecule has 0 unspecified atom stereocenters.